The largest absolute Gasteiger partial charge is 0.503 e. The number of hydrogen-bond acceptors (Lipinski definition) is 5. The van der Waals surface area contributed by atoms with Gasteiger partial charge in [0.2, 0.25) is 0 Å². The van der Waals surface area contributed by atoms with E-state index in [1.807, 2.05) is 18.7 Å². The fourth-order valence-electron chi connectivity index (χ4n) is 3.41. The fraction of sp³-hybridized carbons (Fsp3) is 0.364. The number of benzene rings is 1. The first-order valence-electron chi connectivity index (χ1n) is 9.43. The first-order valence-corrected chi connectivity index (χ1v) is 10.3. The molecule has 2 aromatic rings. The zero-order chi connectivity index (χ0) is 20.1. The lowest BCUT2D eigenvalue weighted by Crippen LogP contribution is -2.39. The van der Waals surface area contributed by atoms with Gasteiger partial charge in [-0.25, -0.2) is 4.98 Å². The van der Waals surface area contributed by atoms with Gasteiger partial charge in [-0.15, -0.1) is 11.8 Å². The van der Waals surface area contributed by atoms with Crippen molar-refractivity contribution in [1.29, 1.82) is 0 Å². The monoisotopic (exact) mass is 398 g/mol. The predicted octanol–water partition coefficient (Wildman–Crippen LogP) is 4.66. The normalized spacial score (nSPS) is 19.1. The highest BCUT2D eigenvalue weighted by Gasteiger charge is 2.26. The van der Waals surface area contributed by atoms with Gasteiger partial charge in [-0.3, -0.25) is 4.79 Å². The number of rotatable bonds is 6. The third-order valence-electron chi connectivity index (χ3n) is 4.93. The van der Waals surface area contributed by atoms with Gasteiger partial charge >= 0.3 is 0 Å². The number of amides is 1. The van der Waals surface area contributed by atoms with Crippen molar-refractivity contribution in [3.8, 4) is 11.5 Å². The molecule has 28 heavy (non-hydrogen) atoms. The lowest BCUT2D eigenvalue weighted by Gasteiger charge is -2.29. The van der Waals surface area contributed by atoms with E-state index in [2.05, 4.69) is 41.1 Å². The second-order valence-corrected chi connectivity index (χ2v) is 8.47. The van der Waals surface area contributed by atoms with Gasteiger partial charge in [-0.1, -0.05) is 30.7 Å². The average Bonchev–Trinajstić information content (AvgIpc) is 2.69. The Morgan fingerprint density at radius 2 is 2.04 bits per heavy atom. The molecule has 1 aromatic carbocycles. The molecule has 5 nitrogen and oxygen atoms in total. The summed E-state index contributed by atoms with van der Waals surface area (Å²) in [6.07, 6.45) is 5.47. The third kappa shape index (κ3) is 4.87. The quantitative estimate of drug-likeness (QED) is 0.740. The molecular formula is C22H26N2O3S. The van der Waals surface area contributed by atoms with Gasteiger partial charge in [-0.2, -0.15) is 0 Å². The molecule has 0 aliphatic heterocycles. The maximum absolute atomic E-state index is 12.6. The molecule has 0 radical (unpaired) electrons. The van der Waals surface area contributed by atoms with Crippen LogP contribution in [0.2, 0.25) is 0 Å². The molecule has 2 atom stereocenters. The van der Waals surface area contributed by atoms with Crippen LogP contribution in [0.25, 0.3) is 5.57 Å². The molecular weight excluding hydrogens is 372 g/mol. The number of hydrogen-bond donors (Lipinski definition) is 2. The molecule has 2 N–H and O–H groups in total. The van der Waals surface area contributed by atoms with E-state index >= 15 is 0 Å². The molecule has 1 fully saturated rings. The molecule has 6 heteroatoms. The number of ether oxygens (including phenoxy) is 1. The molecule has 3 rings (SSSR count). The molecule has 0 bridgehead atoms. The average molecular weight is 399 g/mol. The highest BCUT2D eigenvalue weighted by Crippen LogP contribution is 2.34. The SMILES string of the molecule is C=C(C)c1ccc(SC2CCCC(NC(=O)c3nccc(OC)c3O)C2)cc1. The van der Waals surface area contributed by atoms with E-state index in [0.717, 1.165) is 36.8 Å². The minimum atomic E-state index is -0.363. The number of methoxy groups -OCH3 is 1. The van der Waals surface area contributed by atoms with Crippen molar-refractivity contribution in [2.24, 2.45) is 0 Å². The summed E-state index contributed by atoms with van der Waals surface area (Å²) >= 11 is 1.85. The van der Waals surface area contributed by atoms with Crippen LogP contribution in [0.4, 0.5) is 0 Å². The topological polar surface area (TPSA) is 71.5 Å². The second kappa shape index (κ2) is 9.15. The van der Waals surface area contributed by atoms with Crippen LogP contribution >= 0.6 is 11.8 Å². The van der Waals surface area contributed by atoms with Crippen LogP contribution in [0.3, 0.4) is 0 Å². The predicted molar refractivity (Wildman–Crippen MR) is 113 cm³/mol. The molecule has 0 saturated heterocycles. The molecule has 1 aromatic heterocycles. The Bertz CT molecular complexity index is 851. The number of nitrogens with zero attached hydrogens (tertiary/aromatic N) is 1. The van der Waals surface area contributed by atoms with E-state index in [0.29, 0.717) is 5.25 Å². The van der Waals surface area contributed by atoms with Crippen LogP contribution < -0.4 is 10.1 Å². The van der Waals surface area contributed by atoms with Gasteiger partial charge in [0.15, 0.2) is 17.2 Å². The Hall–Kier alpha value is -2.47. The lowest BCUT2D eigenvalue weighted by atomic mass is 9.95. The van der Waals surface area contributed by atoms with Crippen molar-refractivity contribution in [3.05, 3.63) is 54.4 Å². The summed E-state index contributed by atoms with van der Waals surface area (Å²) in [7, 11) is 1.45. The number of nitrogens with one attached hydrogen (secondary N) is 1. The van der Waals surface area contributed by atoms with Crippen LogP contribution in [0.5, 0.6) is 11.5 Å². The molecule has 1 saturated carbocycles. The summed E-state index contributed by atoms with van der Waals surface area (Å²) in [5.41, 5.74) is 2.22. The lowest BCUT2D eigenvalue weighted by molar-refractivity contribution is 0.0919. The summed E-state index contributed by atoms with van der Waals surface area (Å²) in [6.45, 7) is 5.98. The number of thioether (sulfide) groups is 1. The van der Waals surface area contributed by atoms with Gasteiger partial charge in [0.05, 0.1) is 7.11 Å². The molecule has 1 heterocycles. The standard InChI is InChI=1S/C22H26N2O3S/c1-14(2)15-7-9-17(10-8-15)28-18-6-4-5-16(13-18)24-22(26)20-21(25)19(27-3)11-12-23-20/h7-12,16,18,25H,1,4-6,13H2,2-3H3,(H,24,26). The maximum Gasteiger partial charge on any atom is 0.274 e. The van der Waals surface area contributed by atoms with Crippen LogP contribution in [0.1, 0.15) is 48.7 Å². The Morgan fingerprint density at radius 1 is 1.29 bits per heavy atom. The van der Waals surface area contributed by atoms with Crippen molar-refractivity contribution in [2.45, 2.75) is 48.8 Å². The molecule has 1 aliphatic rings. The highest BCUT2D eigenvalue weighted by atomic mass is 32.2. The first-order chi connectivity index (χ1) is 13.5. The third-order valence-corrected chi connectivity index (χ3v) is 6.24. The van der Waals surface area contributed by atoms with Gasteiger partial charge in [0, 0.05) is 28.5 Å². The first kappa shape index (κ1) is 20.3. The van der Waals surface area contributed by atoms with Crippen molar-refractivity contribution < 1.29 is 14.6 Å². The van der Waals surface area contributed by atoms with Crippen LogP contribution in [0.15, 0.2) is 48.0 Å². The minimum Gasteiger partial charge on any atom is -0.503 e. The molecule has 2 unspecified atom stereocenters. The van der Waals surface area contributed by atoms with Crippen LogP contribution in [-0.2, 0) is 0 Å². The Balaban J connectivity index is 1.60. The highest BCUT2D eigenvalue weighted by molar-refractivity contribution is 8.00. The summed E-state index contributed by atoms with van der Waals surface area (Å²) in [5.74, 6) is -0.338. The smallest absolute Gasteiger partial charge is 0.274 e. The maximum atomic E-state index is 12.6. The zero-order valence-corrected chi connectivity index (χ0v) is 17.1. The number of carbonyl (C=O) groups is 1. The van der Waals surface area contributed by atoms with Crippen molar-refractivity contribution in [1.82, 2.24) is 10.3 Å². The number of carbonyl (C=O) groups excluding carboxylic acids is 1. The molecule has 148 valence electrons. The second-order valence-electron chi connectivity index (χ2n) is 7.09. The summed E-state index contributed by atoms with van der Waals surface area (Å²) in [4.78, 5) is 17.8. The molecule has 1 aliphatic carbocycles. The minimum absolute atomic E-state index is 0.00418. The Morgan fingerprint density at radius 3 is 2.71 bits per heavy atom. The summed E-state index contributed by atoms with van der Waals surface area (Å²) in [5, 5.41) is 13.6. The van der Waals surface area contributed by atoms with E-state index in [-0.39, 0.29) is 29.1 Å². The zero-order valence-electron chi connectivity index (χ0n) is 16.3. The number of aromatic nitrogens is 1. The Kier molecular flexibility index (Phi) is 6.62. The number of pyridine rings is 1. The Labute approximate surface area is 170 Å². The number of aromatic hydroxyl groups is 1. The summed E-state index contributed by atoms with van der Waals surface area (Å²) in [6, 6.07) is 10.1. The number of allylic oxidation sites excluding steroid dienone is 1. The van der Waals surface area contributed by atoms with E-state index in [4.69, 9.17) is 4.74 Å². The van der Waals surface area contributed by atoms with Gasteiger partial charge in [-0.05, 0) is 43.9 Å². The van der Waals surface area contributed by atoms with Gasteiger partial charge in [0.25, 0.3) is 5.91 Å². The fourth-order valence-corrected chi connectivity index (χ4v) is 4.71. The summed E-state index contributed by atoms with van der Waals surface area (Å²) < 4.78 is 5.05. The van der Waals surface area contributed by atoms with Crippen molar-refractivity contribution in [2.75, 3.05) is 7.11 Å². The van der Waals surface area contributed by atoms with Crippen LogP contribution in [-0.4, -0.2) is 34.4 Å². The van der Waals surface area contributed by atoms with E-state index in [1.165, 1.54) is 24.3 Å². The van der Waals surface area contributed by atoms with E-state index < -0.39 is 0 Å². The van der Waals surface area contributed by atoms with E-state index in [9.17, 15) is 9.90 Å². The van der Waals surface area contributed by atoms with E-state index in [1.54, 1.807) is 0 Å². The van der Waals surface area contributed by atoms with Crippen molar-refractivity contribution >= 4 is 23.2 Å². The van der Waals surface area contributed by atoms with Gasteiger partial charge in [0.1, 0.15) is 0 Å². The molecule has 0 spiro atoms. The van der Waals surface area contributed by atoms with Gasteiger partial charge < -0.3 is 15.2 Å². The molecule has 1 amide bonds. The van der Waals surface area contributed by atoms with Crippen molar-refractivity contribution in [3.63, 3.8) is 0 Å². The van der Waals surface area contributed by atoms with Crippen LogP contribution in [0, 0.1) is 0 Å².